The zero-order valence-electron chi connectivity index (χ0n) is 10.6. The Balaban J connectivity index is 1.71. The van der Waals surface area contributed by atoms with E-state index in [1.54, 1.807) is 0 Å². The molecule has 0 bridgehead atoms. The van der Waals surface area contributed by atoms with Gasteiger partial charge in [0.1, 0.15) is 0 Å². The number of carboxylic acid groups (broad SMARTS) is 1. The predicted octanol–water partition coefficient (Wildman–Crippen LogP) is 0.742. The number of ether oxygens (including phenoxy) is 1. The molecule has 2 N–H and O–H groups in total. The first-order chi connectivity index (χ1) is 9.04. The third kappa shape index (κ3) is 4.00. The summed E-state index contributed by atoms with van der Waals surface area (Å²) >= 11 is 1.51. The SMILES string of the molecule is Cc1nc(CC(=O)NCC2CCC(C(=O)O)O2)cs1. The lowest BCUT2D eigenvalue weighted by molar-refractivity contribution is -0.149. The van der Waals surface area contributed by atoms with Crippen LogP contribution in [0, 0.1) is 6.92 Å². The molecule has 1 fully saturated rings. The molecule has 2 atom stereocenters. The van der Waals surface area contributed by atoms with Crippen molar-refractivity contribution in [3.05, 3.63) is 16.1 Å². The van der Waals surface area contributed by atoms with Crippen molar-refractivity contribution < 1.29 is 19.4 Å². The van der Waals surface area contributed by atoms with Crippen LogP contribution in [0.15, 0.2) is 5.38 Å². The molecule has 1 aromatic rings. The summed E-state index contributed by atoms with van der Waals surface area (Å²) in [5.74, 6) is -1.06. The topological polar surface area (TPSA) is 88.5 Å². The second-order valence-corrected chi connectivity index (χ2v) is 5.56. The Hall–Kier alpha value is -1.47. The number of nitrogens with one attached hydrogen (secondary N) is 1. The standard InChI is InChI=1S/C12H16N2O4S/c1-7-14-8(6-19-7)4-11(15)13-5-9-2-3-10(18-9)12(16)17/h6,9-10H,2-5H2,1H3,(H,13,15)(H,16,17). The lowest BCUT2D eigenvalue weighted by Gasteiger charge is -2.11. The number of carboxylic acids is 1. The number of aryl methyl sites for hydroxylation is 1. The zero-order valence-corrected chi connectivity index (χ0v) is 11.4. The smallest absolute Gasteiger partial charge is 0.332 e. The van der Waals surface area contributed by atoms with Crippen molar-refractivity contribution in [1.29, 1.82) is 0 Å². The highest BCUT2D eigenvalue weighted by Gasteiger charge is 2.30. The van der Waals surface area contributed by atoms with E-state index in [1.807, 2.05) is 12.3 Å². The molecule has 2 heterocycles. The number of hydrogen-bond acceptors (Lipinski definition) is 5. The van der Waals surface area contributed by atoms with Gasteiger partial charge in [-0.05, 0) is 19.8 Å². The highest BCUT2D eigenvalue weighted by Crippen LogP contribution is 2.19. The van der Waals surface area contributed by atoms with Crippen LogP contribution in [0.2, 0.25) is 0 Å². The summed E-state index contributed by atoms with van der Waals surface area (Å²) in [5.41, 5.74) is 0.760. The van der Waals surface area contributed by atoms with Gasteiger partial charge in [-0.2, -0.15) is 0 Å². The molecule has 0 aromatic carbocycles. The summed E-state index contributed by atoms with van der Waals surface area (Å²) in [6.45, 7) is 2.25. The maximum absolute atomic E-state index is 11.7. The molecule has 1 saturated heterocycles. The van der Waals surface area contributed by atoms with Crippen LogP contribution in [0.4, 0.5) is 0 Å². The molecule has 1 aromatic heterocycles. The highest BCUT2D eigenvalue weighted by molar-refractivity contribution is 7.09. The third-order valence-electron chi connectivity index (χ3n) is 2.92. The lowest BCUT2D eigenvalue weighted by Crippen LogP contribution is -2.34. The maximum Gasteiger partial charge on any atom is 0.332 e. The van der Waals surface area contributed by atoms with Crippen molar-refractivity contribution in [1.82, 2.24) is 10.3 Å². The average Bonchev–Trinajstić information content (AvgIpc) is 2.96. The molecule has 1 aliphatic heterocycles. The van der Waals surface area contributed by atoms with Gasteiger partial charge in [-0.15, -0.1) is 11.3 Å². The molecule has 6 nitrogen and oxygen atoms in total. The molecule has 19 heavy (non-hydrogen) atoms. The number of carbonyl (C=O) groups is 2. The van der Waals surface area contributed by atoms with E-state index in [-0.39, 0.29) is 18.4 Å². The Kier molecular flexibility index (Phi) is 4.49. The fraction of sp³-hybridized carbons (Fsp3) is 0.583. The van der Waals surface area contributed by atoms with Gasteiger partial charge in [-0.1, -0.05) is 0 Å². The van der Waals surface area contributed by atoms with Gasteiger partial charge in [0.15, 0.2) is 6.10 Å². The lowest BCUT2D eigenvalue weighted by atomic mass is 10.2. The molecule has 2 rings (SSSR count). The van der Waals surface area contributed by atoms with Crippen molar-refractivity contribution in [2.75, 3.05) is 6.54 Å². The largest absolute Gasteiger partial charge is 0.479 e. The Morgan fingerprint density at radius 1 is 1.58 bits per heavy atom. The first kappa shape index (κ1) is 14.0. The summed E-state index contributed by atoms with van der Waals surface area (Å²) in [5, 5.41) is 14.3. The first-order valence-corrected chi connectivity index (χ1v) is 6.98. The molecule has 0 saturated carbocycles. The van der Waals surface area contributed by atoms with Crippen LogP contribution in [0.1, 0.15) is 23.5 Å². The highest BCUT2D eigenvalue weighted by atomic mass is 32.1. The van der Waals surface area contributed by atoms with E-state index in [9.17, 15) is 9.59 Å². The average molecular weight is 284 g/mol. The van der Waals surface area contributed by atoms with Crippen LogP contribution >= 0.6 is 11.3 Å². The molecule has 0 radical (unpaired) electrons. The maximum atomic E-state index is 11.7. The number of carbonyl (C=O) groups excluding carboxylic acids is 1. The van der Waals surface area contributed by atoms with Gasteiger partial charge in [0.2, 0.25) is 5.91 Å². The minimum Gasteiger partial charge on any atom is -0.479 e. The molecular weight excluding hydrogens is 268 g/mol. The van der Waals surface area contributed by atoms with Crippen LogP contribution < -0.4 is 5.32 Å². The van der Waals surface area contributed by atoms with Crippen molar-refractivity contribution >= 4 is 23.2 Å². The van der Waals surface area contributed by atoms with Crippen molar-refractivity contribution in [2.45, 2.75) is 38.4 Å². The third-order valence-corrected chi connectivity index (χ3v) is 3.74. The molecule has 1 amide bonds. The summed E-state index contributed by atoms with van der Waals surface area (Å²) < 4.78 is 5.30. The fourth-order valence-electron chi connectivity index (χ4n) is 1.98. The number of rotatable bonds is 5. The zero-order chi connectivity index (χ0) is 13.8. The summed E-state index contributed by atoms with van der Waals surface area (Å²) in [6.07, 6.45) is 0.471. The van der Waals surface area contributed by atoms with Crippen LogP contribution in [-0.4, -0.2) is 40.7 Å². The normalized spacial score (nSPS) is 22.4. The number of aliphatic carboxylic acids is 1. The summed E-state index contributed by atoms with van der Waals surface area (Å²) in [4.78, 5) is 26.6. The first-order valence-electron chi connectivity index (χ1n) is 6.10. The minimum absolute atomic E-state index is 0.118. The summed E-state index contributed by atoms with van der Waals surface area (Å²) in [6, 6.07) is 0. The second kappa shape index (κ2) is 6.12. The van der Waals surface area contributed by atoms with Gasteiger partial charge < -0.3 is 15.2 Å². The van der Waals surface area contributed by atoms with Gasteiger partial charge in [0, 0.05) is 11.9 Å². The van der Waals surface area contributed by atoms with E-state index in [0.717, 1.165) is 10.7 Å². The Morgan fingerprint density at radius 3 is 2.95 bits per heavy atom. The van der Waals surface area contributed by atoms with E-state index < -0.39 is 12.1 Å². The molecule has 2 unspecified atom stereocenters. The van der Waals surface area contributed by atoms with E-state index in [0.29, 0.717) is 19.4 Å². The Labute approximate surface area is 114 Å². The number of nitrogens with zero attached hydrogens (tertiary/aromatic N) is 1. The van der Waals surface area contributed by atoms with Crippen molar-refractivity contribution in [2.24, 2.45) is 0 Å². The van der Waals surface area contributed by atoms with Gasteiger partial charge in [0.25, 0.3) is 0 Å². The second-order valence-electron chi connectivity index (χ2n) is 4.50. The molecule has 104 valence electrons. The Morgan fingerprint density at radius 2 is 2.37 bits per heavy atom. The quantitative estimate of drug-likeness (QED) is 0.832. The number of hydrogen-bond donors (Lipinski definition) is 2. The van der Waals surface area contributed by atoms with Gasteiger partial charge in [-0.25, -0.2) is 9.78 Å². The number of amides is 1. The van der Waals surface area contributed by atoms with Crippen molar-refractivity contribution in [3.63, 3.8) is 0 Å². The van der Waals surface area contributed by atoms with E-state index >= 15 is 0 Å². The molecule has 0 aliphatic carbocycles. The predicted molar refractivity (Wildman–Crippen MR) is 69.1 cm³/mol. The van der Waals surface area contributed by atoms with Crippen LogP contribution in [0.3, 0.4) is 0 Å². The van der Waals surface area contributed by atoms with Crippen LogP contribution in [0.5, 0.6) is 0 Å². The van der Waals surface area contributed by atoms with Gasteiger partial charge in [-0.3, -0.25) is 4.79 Å². The van der Waals surface area contributed by atoms with Crippen molar-refractivity contribution in [3.8, 4) is 0 Å². The van der Waals surface area contributed by atoms with E-state index in [4.69, 9.17) is 9.84 Å². The number of aromatic nitrogens is 1. The molecular formula is C12H16N2O4S. The van der Waals surface area contributed by atoms with E-state index in [2.05, 4.69) is 10.3 Å². The van der Waals surface area contributed by atoms with Gasteiger partial charge in [0.05, 0.1) is 23.2 Å². The van der Waals surface area contributed by atoms with Crippen LogP contribution in [-0.2, 0) is 20.7 Å². The van der Waals surface area contributed by atoms with Crippen LogP contribution in [0.25, 0.3) is 0 Å². The molecule has 0 spiro atoms. The molecule has 7 heteroatoms. The summed E-state index contributed by atoms with van der Waals surface area (Å²) in [7, 11) is 0. The number of thiazole rings is 1. The van der Waals surface area contributed by atoms with Gasteiger partial charge >= 0.3 is 5.97 Å². The fourth-order valence-corrected chi connectivity index (χ4v) is 2.59. The molecule has 1 aliphatic rings. The van der Waals surface area contributed by atoms with E-state index in [1.165, 1.54) is 11.3 Å². The Bertz CT molecular complexity index is 474. The monoisotopic (exact) mass is 284 g/mol. The minimum atomic E-state index is -0.938.